The molecule has 1 N–H and O–H groups in total. The van der Waals surface area contributed by atoms with E-state index in [1.165, 1.54) is 30.3 Å². The third-order valence-electron chi connectivity index (χ3n) is 2.66. The maximum absolute atomic E-state index is 10.8. The second kappa shape index (κ2) is 14.1. The number of halogens is 2. The van der Waals surface area contributed by atoms with Gasteiger partial charge in [-0.3, -0.25) is 0 Å². The summed E-state index contributed by atoms with van der Waals surface area (Å²) in [5.74, 6) is 0. The maximum atomic E-state index is 10.8. The summed E-state index contributed by atoms with van der Waals surface area (Å²) in [7, 11) is -4.95. The fourth-order valence-electron chi connectivity index (χ4n) is 1.51. The monoisotopic (exact) mass is 557 g/mol. The first-order valence-electron chi connectivity index (χ1n) is 6.27. The summed E-state index contributed by atoms with van der Waals surface area (Å²) < 4.78 is 95.5. The minimum absolute atomic E-state index is 0. The average molecular weight is 558 g/mol. The van der Waals surface area contributed by atoms with Crippen LogP contribution in [0.4, 0.5) is 0 Å². The van der Waals surface area contributed by atoms with Crippen molar-refractivity contribution in [1.29, 1.82) is 0 Å². The van der Waals surface area contributed by atoms with Crippen LogP contribution in [-0.4, -0.2) is 35.3 Å². The zero-order valence-electron chi connectivity index (χ0n) is 15.1. The van der Waals surface area contributed by atoms with Crippen LogP contribution in [0, 0.1) is 0 Å². The molecule has 0 radical (unpaired) electrons. The van der Waals surface area contributed by atoms with Crippen molar-refractivity contribution in [1.82, 2.24) is 0 Å². The Morgan fingerprint density at radius 2 is 1.07 bits per heavy atom. The van der Waals surface area contributed by atoms with Gasteiger partial charge in [0.05, 0.1) is 14.7 Å². The van der Waals surface area contributed by atoms with Crippen molar-refractivity contribution < 1.29 is 103 Å². The smallest absolute Gasteiger partial charge is 0.870 e. The van der Waals surface area contributed by atoms with E-state index in [1.54, 1.807) is 0 Å². The average Bonchev–Trinajstić information content (AvgIpc) is 2.53. The summed E-state index contributed by atoms with van der Waals surface area (Å²) in [5, 5.41) is 0. The molecule has 0 spiro atoms. The molecule has 30 heavy (non-hydrogen) atoms. The molecule has 2 rings (SSSR count). The number of hydrogen-bond donors (Lipinski definition) is 0. The van der Waals surface area contributed by atoms with Gasteiger partial charge in [-0.2, -0.15) is 0 Å². The SMILES string of the molecule is O=S(=O)(Cl)c1cccc(S(=O)(=O)Cl)c1.O=[S-](=O)c1cccc(S(=O)(=O)[O-])c1.[Na+].[Na+].[OH-]. The molecule has 0 heterocycles. The van der Waals surface area contributed by atoms with Crippen LogP contribution in [0.5, 0.6) is 0 Å². The standard InChI is InChI=1S/C6H4Cl2O4S2.C6H5O5S2.2Na.H2O/c7-13(9,10)5-2-1-3-6(4-5)14(8,11)12;7-12(8)5-2-1-3-6(4-5)13(9,10)11;;;/h1-4H;1-4H,(H,9,10,11);;;1H2/q;-1;2*+1;/p-2. The zero-order valence-corrected chi connectivity index (χ0v) is 23.9. The van der Waals surface area contributed by atoms with E-state index in [0.29, 0.717) is 0 Å². The van der Waals surface area contributed by atoms with Gasteiger partial charge in [0, 0.05) is 21.4 Å². The molecule has 18 heteroatoms. The summed E-state index contributed by atoms with van der Waals surface area (Å²) >= 11 is 0. The van der Waals surface area contributed by atoms with Gasteiger partial charge >= 0.3 is 59.1 Å². The van der Waals surface area contributed by atoms with Crippen LogP contribution in [0.25, 0.3) is 0 Å². The fraction of sp³-hybridized carbons (Fsp3) is 0. The van der Waals surface area contributed by atoms with E-state index in [0.717, 1.165) is 18.2 Å². The van der Waals surface area contributed by atoms with E-state index in [4.69, 9.17) is 21.4 Å². The molecule has 2 aromatic carbocycles. The second-order valence-electron chi connectivity index (χ2n) is 4.51. The van der Waals surface area contributed by atoms with E-state index in [-0.39, 0.29) is 79.3 Å². The van der Waals surface area contributed by atoms with Crippen LogP contribution < -0.4 is 59.1 Å². The third-order valence-corrected chi connectivity index (χ3v) is 6.83. The van der Waals surface area contributed by atoms with Gasteiger partial charge in [0.1, 0.15) is 10.1 Å². The van der Waals surface area contributed by atoms with Crippen LogP contribution in [-0.2, 0) is 47.3 Å². The molecule has 0 bridgehead atoms. The van der Waals surface area contributed by atoms with Crippen molar-refractivity contribution in [3.05, 3.63) is 48.5 Å². The van der Waals surface area contributed by atoms with Gasteiger partial charge < -0.3 is 18.4 Å². The van der Waals surface area contributed by atoms with Crippen molar-refractivity contribution >= 4 is 60.3 Å². The molecular formula is C12H9Cl2Na2O10S4-. The molecule has 0 aliphatic carbocycles. The molecule has 0 fully saturated rings. The molecule has 0 atom stereocenters. The molecule has 10 nitrogen and oxygen atoms in total. The fourth-order valence-corrected chi connectivity index (χ4v) is 4.18. The van der Waals surface area contributed by atoms with E-state index in [2.05, 4.69) is 0 Å². The van der Waals surface area contributed by atoms with Crippen LogP contribution in [0.1, 0.15) is 0 Å². The van der Waals surface area contributed by atoms with E-state index in [9.17, 15) is 38.2 Å². The van der Waals surface area contributed by atoms with Crippen LogP contribution >= 0.6 is 21.4 Å². The van der Waals surface area contributed by atoms with Crippen LogP contribution in [0.2, 0.25) is 0 Å². The number of hydrogen-bond acceptors (Lipinski definition) is 11. The summed E-state index contributed by atoms with van der Waals surface area (Å²) in [4.78, 5) is -1.38. The van der Waals surface area contributed by atoms with Crippen LogP contribution in [0.3, 0.4) is 0 Å². The van der Waals surface area contributed by atoms with Gasteiger partial charge in [-0.25, -0.2) is 25.3 Å². The molecule has 158 valence electrons. The minimum atomic E-state index is -4.58. The Bertz CT molecular complexity index is 1190. The second-order valence-corrected chi connectivity index (χ2v) is 12.0. The van der Waals surface area contributed by atoms with Crippen molar-refractivity contribution in [3.63, 3.8) is 0 Å². The van der Waals surface area contributed by atoms with Gasteiger partial charge in [0.2, 0.25) is 0 Å². The van der Waals surface area contributed by atoms with Crippen molar-refractivity contribution in [2.45, 2.75) is 19.6 Å². The molecule has 0 saturated heterocycles. The largest absolute Gasteiger partial charge is 1.00 e. The Balaban J connectivity index is -0.000000443. The maximum Gasteiger partial charge on any atom is 1.00 e. The molecular weight excluding hydrogens is 549 g/mol. The zero-order chi connectivity index (χ0) is 21.0. The molecule has 0 amide bonds. The minimum Gasteiger partial charge on any atom is -0.870 e. The van der Waals surface area contributed by atoms with Gasteiger partial charge in [-0.1, -0.05) is 29.2 Å². The Morgan fingerprint density at radius 3 is 1.40 bits per heavy atom. The molecule has 0 saturated carbocycles. The Hall–Kier alpha value is 0.740. The van der Waals surface area contributed by atoms with Gasteiger partial charge in [-0.15, -0.1) is 0 Å². The molecule has 0 aliphatic heterocycles. The van der Waals surface area contributed by atoms with Crippen LogP contribution in [0.15, 0.2) is 68.1 Å². The summed E-state index contributed by atoms with van der Waals surface area (Å²) in [6.07, 6.45) is 0. The molecule has 2 aromatic rings. The predicted octanol–water partition coefficient (Wildman–Crippen LogP) is -4.37. The van der Waals surface area contributed by atoms with E-state index < -0.39 is 43.8 Å². The molecule has 0 aliphatic rings. The number of benzene rings is 2. The van der Waals surface area contributed by atoms with Crippen molar-refractivity contribution in [2.75, 3.05) is 0 Å². The normalized spacial score (nSPS) is 11.1. The first-order chi connectivity index (χ1) is 12.1. The molecule has 0 aromatic heterocycles. The van der Waals surface area contributed by atoms with Crippen molar-refractivity contribution in [3.8, 4) is 0 Å². The van der Waals surface area contributed by atoms with Crippen molar-refractivity contribution in [2.24, 2.45) is 0 Å². The quantitative estimate of drug-likeness (QED) is 0.153. The topological polar surface area (TPSA) is 190 Å². The van der Waals surface area contributed by atoms with Gasteiger partial charge in [-0.05, 0) is 35.0 Å². The Morgan fingerprint density at radius 1 is 0.700 bits per heavy atom. The Labute approximate surface area is 228 Å². The number of rotatable bonds is 4. The first kappa shape index (κ1) is 35.3. The predicted molar refractivity (Wildman–Crippen MR) is 95.9 cm³/mol. The summed E-state index contributed by atoms with van der Waals surface area (Å²) in [6.45, 7) is 0. The molecule has 0 unspecified atom stereocenters. The van der Waals surface area contributed by atoms with E-state index in [1.807, 2.05) is 0 Å². The van der Waals surface area contributed by atoms with Gasteiger partial charge in [0.15, 0.2) is 0 Å². The first-order valence-corrected chi connectivity index (χ1v) is 13.4. The Kier molecular flexibility index (Phi) is 16.6. The summed E-state index contributed by atoms with van der Waals surface area (Å²) in [5.41, 5.74) is 0. The third kappa shape index (κ3) is 12.1. The van der Waals surface area contributed by atoms with Gasteiger partial charge in [0.25, 0.3) is 18.1 Å². The van der Waals surface area contributed by atoms with E-state index >= 15 is 0 Å². The summed E-state index contributed by atoms with van der Waals surface area (Å²) in [6, 6.07) is 8.72.